The molecule has 1 N–H and O–H groups in total. The Morgan fingerprint density at radius 1 is 1.25 bits per heavy atom. The quantitative estimate of drug-likeness (QED) is 0.437. The number of ketones is 1. The zero-order valence-electron chi connectivity index (χ0n) is 13.4. The van der Waals surface area contributed by atoms with Gasteiger partial charge in [0.1, 0.15) is 5.78 Å². The van der Waals surface area contributed by atoms with Gasteiger partial charge in [0.05, 0.1) is 7.11 Å². The number of piperidine rings is 1. The molecule has 2 atom stereocenters. The van der Waals surface area contributed by atoms with Crippen molar-refractivity contribution in [2.24, 2.45) is 0 Å². The number of nitrogens with one attached hydrogen (secondary N) is 1. The highest BCUT2D eigenvalue weighted by molar-refractivity contribution is 14.1. The summed E-state index contributed by atoms with van der Waals surface area (Å²) in [5, 5.41) is 2.81. The summed E-state index contributed by atoms with van der Waals surface area (Å²) in [6.45, 7) is 1.43. The Kier molecular flexibility index (Phi) is 4.80. The van der Waals surface area contributed by atoms with E-state index < -0.39 is 11.5 Å². The number of hydrogen-bond acceptors (Lipinski definition) is 5. The third-order valence-electron chi connectivity index (χ3n) is 4.58. The zero-order valence-corrected chi connectivity index (χ0v) is 15.5. The van der Waals surface area contributed by atoms with Crippen LogP contribution in [0.5, 0.6) is 0 Å². The number of amides is 1. The number of methoxy groups -OCH3 is 1. The van der Waals surface area contributed by atoms with Crippen LogP contribution in [0.25, 0.3) is 0 Å². The summed E-state index contributed by atoms with van der Waals surface area (Å²) in [5.41, 5.74) is 0.615. The van der Waals surface area contributed by atoms with Crippen LogP contribution in [-0.4, -0.2) is 47.3 Å². The van der Waals surface area contributed by atoms with Crippen LogP contribution < -0.4 is 10.2 Å². The summed E-state index contributed by atoms with van der Waals surface area (Å²) in [6, 6.07) is 7.25. The molecule has 1 heterocycles. The van der Waals surface area contributed by atoms with Crippen molar-refractivity contribution in [1.82, 2.24) is 5.32 Å². The topological polar surface area (TPSA) is 75.7 Å². The molecule has 0 spiro atoms. The van der Waals surface area contributed by atoms with Crippen molar-refractivity contribution in [2.75, 3.05) is 25.1 Å². The molecule has 1 aliphatic heterocycles. The number of Topliss-reactive ketones (excluding diaryl/α,β-unsaturated/α-hetero) is 1. The third kappa shape index (κ3) is 3.26. The molecule has 0 radical (unpaired) electrons. The number of halogens is 1. The van der Waals surface area contributed by atoms with Crippen molar-refractivity contribution >= 4 is 45.9 Å². The van der Waals surface area contributed by atoms with E-state index in [9.17, 15) is 14.4 Å². The van der Waals surface area contributed by atoms with Crippen molar-refractivity contribution < 1.29 is 19.1 Å². The van der Waals surface area contributed by atoms with E-state index in [0.717, 1.165) is 5.69 Å². The largest absolute Gasteiger partial charge is 0.467 e. The van der Waals surface area contributed by atoms with Crippen molar-refractivity contribution in [3.8, 4) is 0 Å². The number of alkyl halides is 1. The second-order valence-corrected chi connectivity index (χ2v) is 7.66. The second-order valence-electron chi connectivity index (χ2n) is 6.16. The van der Waals surface area contributed by atoms with Crippen LogP contribution in [0.4, 0.5) is 5.69 Å². The number of anilines is 1. The first kappa shape index (κ1) is 17.2. The first-order valence-corrected chi connectivity index (χ1v) is 9.12. The molecule has 1 aliphatic carbocycles. The second kappa shape index (κ2) is 6.70. The van der Waals surface area contributed by atoms with Gasteiger partial charge in [0, 0.05) is 41.1 Å². The van der Waals surface area contributed by atoms with E-state index in [0.29, 0.717) is 43.7 Å². The molecule has 1 aromatic rings. The standard InChI is InChI=1S/C17H19IN2O4/c1-24-16(23)17(10-14(17)18)19-15(22)11-2-4-12(5-3-11)20-8-6-13(21)7-9-20/h2-5,14H,6-10H2,1H3,(H,19,22). The molecule has 1 amide bonds. The number of benzene rings is 1. The van der Waals surface area contributed by atoms with Gasteiger partial charge in [-0.15, -0.1) is 0 Å². The maximum absolute atomic E-state index is 12.4. The van der Waals surface area contributed by atoms with E-state index in [2.05, 4.69) is 32.8 Å². The fourth-order valence-corrected chi connectivity index (χ4v) is 4.01. The zero-order chi connectivity index (χ0) is 17.3. The molecule has 1 saturated carbocycles. The smallest absolute Gasteiger partial charge is 0.332 e. The molecule has 1 saturated heterocycles. The van der Waals surface area contributed by atoms with Gasteiger partial charge < -0.3 is 15.0 Å². The molecule has 0 bridgehead atoms. The molecule has 2 aliphatic rings. The Balaban J connectivity index is 1.66. The van der Waals surface area contributed by atoms with Gasteiger partial charge in [0.25, 0.3) is 5.91 Å². The molecular weight excluding hydrogens is 423 g/mol. The molecule has 7 heteroatoms. The summed E-state index contributed by atoms with van der Waals surface area (Å²) in [4.78, 5) is 37.8. The Hall–Kier alpha value is -1.64. The lowest BCUT2D eigenvalue weighted by Crippen LogP contribution is -2.45. The van der Waals surface area contributed by atoms with Crippen LogP contribution in [0.1, 0.15) is 29.6 Å². The molecule has 1 aromatic carbocycles. The summed E-state index contributed by atoms with van der Waals surface area (Å²) < 4.78 is 4.85. The molecular formula is C17H19IN2O4. The minimum atomic E-state index is -0.891. The minimum absolute atomic E-state index is 0.0525. The minimum Gasteiger partial charge on any atom is -0.467 e. The van der Waals surface area contributed by atoms with Crippen molar-refractivity contribution in [3.05, 3.63) is 29.8 Å². The number of ether oxygens (including phenoxy) is 1. The average Bonchev–Trinajstić information content (AvgIpc) is 3.25. The van der Waals surface area contributed by atoms with Gasteiger partial charge in [0.2, 0.25) is 0 Å². The molecule has 128 valence electrons. The summed E-state index contributed by atoms with van der Waals surface area (Å²) >= 11 is 2.15. The number of nitrogens with zero attached hydrogens (tertiary/aromatic N) is 1. The highest BCUT2D eigenvalue weighted by Crippen LogP contribution is 2.44. The maximum Gasteiger partial charge on any atom is 0.332 e. The highest BCUT2D eigenvalue weighted by atomic mass is 127. The predicted molar refractivity (Wildman–Crippen MR) is 97.5 cm³/mol. The van der Waals surface area contributed by atoms with Crippen LogP contribution in [-0.2, 0) is 14.3 Å². The number of carbonyl (C=O) groups excluding carboxylic acids is 3. The van der Waals surface area contributed by atoms with E-state index in [1.807, 2.05) is 12.1 Å². The molecule has 0 aromatic heterocycles. The van der Waals surface area contributed by atoms with Gasteiger partial charge in [-0.2, -0.15) is 0 Å². The van der Waals surface area contributed by atoms with Gasteiger partial charge in [-0.05, 0) is 30.7 Å². The van der Waals surface area contributed by atoms with Gasteiger partial charge in [-0.1, -0.05) is 22.6 Å². The summed E-state index contributed by atoms with van der Waals surface area (Å²) in [6.07, 6.45) is 1.73. The van der Waals surface area contributed by atoms with Gasteiger partial charge >= 0.3 is 5.97 Å². The van der Waals surface area contributed by atoms with Gasteiger partial charge in [0.15, 0.2) is 5.54 Å². The normalized spacial score (nSPS) is 26.0. The van der Waals surface area contributed by atoms with Gasteiger partial charge in [-0.25, -0.2) is 4.79 Å². The van der Waals surface area contributed by atoms with Crippen molar-refractivity contribution in [1.29, 1.82) is 0 Å². The fraction of sp³-hybridized carbons (Fsp3) is 0.471. The van der Waals surface area contributed by atoms with Crippen molar-refractivity contribution in [2.45, 2.75) is 28.7 Å². The van der Waals surface area contributed by atoms with Crippen LogP contribution in [0.3, 0.4) is 0 Å². The predicted octanol–water partition coefficient (Wildman–Crippen LogP) is 1.70. The van der Waals surface area contributed by atoms with Crippen LogP contribution in [0, 0.1) is 0 Å². The maximum atomic E-state index is 12.4. The van der Waals surface area contributed by atoms with Crippen LogP contribution in [0.15, 0.2) is 24.3 Å². The molecule has 24 heavy (non-hydrogen) atoms. The van der Waals surface area contributed by atoms with Gasteiger partial charge in [-0.3, -0.25) is 9.59 Å². The fourth-order valence-electron chi connectivity index (χ4n) is 2.91. The monoisotopic (exact) mass is 442 g/mol. The van der Waals surface area contributed by atoms with E-state index in [-0.39, 0.29) is 9.83 Å². The lowest BCUT2D eigenvalue weighted by Gasteiger charge is -2.28. The Labute approximate surface area is 154 Å². The molecule has 6 nitrogen and oxygen atoms in total. The Morgan fingerprint density at radius 3 is 2.33 bits per heavy atom. The average molecular weight is 442 g/mol. The molecule has 2 fully saturated rings. The SMILES string of the molecule is COC(=O)C1(NC(=O)c2ccc(N3CCC(=O)CC3)cc2)CC1I. The Morgan fingerprint density at radius 2 is 1.83 bits per heavy atom. The first-order valence-electron chi connectivity index (χ1n) is 7.88. The lowest BCUT2D eigenvalue weighted by molar-refractivity contribution is -0.144. The number of rotatable bonds is 4. The number of esters is 1. The van der Waals surface area contributed by atoms with E-state index in [1.165, 1.54) is 7.11 Å². The molecule has 3 rings (SSSR count). The number of hydrogen-bond donors (Lipinski definition) is 1. The van der Waals surface area contributed by atoms with E-state index in [4.69, 9.17) is 4.74 Å². The van der Waals surface area contributed by atoms with E-state index in [1.54, 1.807) is 12.1 Å². The van der Waals surface area contributed by atoms with Crippen LogP contribution in [0.2, 0.25) is 0 Å². The lowest BCUT2D eigenvalue weighted by atomic mass is 10.1. The number of carbonyl (C=O) groups is 3. The summed E-state index contributed by atoms with van der Waals surface area (Å²) in [5.74, 6) is -0.377. The van der Waals surface area contributed by atoms with Crippen LogP contribution >= 0.6 is 22.6 Å². The first-order chi connectivity index (χ1) is 11.5. The van der Waals surface area contributed by atoms with E-state index >= 15 is 0 Å². The summed E-state index contributed by atoms with van der Waals surface area (Å²) in [7, 11) is 1.33. The van der Waals surface area contributed by atoms with Crippen molar-refractivity contribution in [3.63, 3.8) is 0 Å². The highest BCUT2D eigenvalue weighted by Gasteiger charge is 2.61. The molecule has 2 unspecified atom stereocenters. The third-order valence-corrected chi connectivity index (χ3v) is 6.08. The Bertz CT molecular complexity index is 666.